The van der Waals surface area contributed by atoms with Crippen LogP contribution in [0.25, 0.3) is 0 Å². The number of aryl methyl sites for hydroxylation is 1. The molecule has 1 fully saturated rings. The molecule has 1 heterocycles. The van der Waals surface area contributed by atoms with Crippen LogP contribution in [0.15, 0.2) is 24.3 Å². The highest BCUT2D eigenvalue weighted by Gasteiger charge is 2.28. The van der Waals surface area contributed by atoms with Gasteiger partial charge in [-0.1, -0.05) is 24.3 Å². The molecule has 0 saturated carbocycles. The minimum absolute atomic E-state index is 0.122. The van der Waals surface area contributed by atoms with Crippen LogP contribution in [0.3, 0.4) is 0 Å². The summed E-state index contributed by atoms with van der Waals surface area (Å²) in [5, 5.41) is 0. The predicted molar refractivity (Wildman–Crippen MR) is 78.5 cm³/mol. The number of rotatable bonds is 3. The Hall–Kier alpha value is -1.59. The Bertz CT molecular complexity index is 500. The molecule has 3 rings (SSSR count). The van der Waals surface area contributed by atoms with Gasteiger partial charge in [0.05, 0.1) is 6.04 Å². The molecular formula is C16H22N2O3. The van der Waals surface area contributed by atoms with E-state index in [1.54, 1.807) is 4.90 Å². The minimum atomic E-state index is -0.313. The van der Waals surface area contributed by atoms with E-state index in [1.165, 1.54) is 11.1 Å². The van der Waals surface area contributed by atoms with Crippen molar-refractivity contribution in [1.29, 1.82) is 0 Å². The number of ether oxygens (including phenoxy) is 1. The summed E-state index contributed by atoms with van der Waals surface area (Å²) < 4.78 is 5.43. The molecule has 0 spiro atoms. The SMILES string of the molecule is CN(C(=O)NO[C@H]1CCCCO1)[C@H]1CCc2ccccc21. The van der Waals surface area contributed by atoms with Crippen molar-refractivity contribution in [1.82, 2.24) is 10.4 Å². The summed E-state index contributed by atoms with van der Waals surface area (Å²) in [6.45, 7) is 0.701. The maximum atomic E-state index is 12.2. The summed E-state index contributed by atoms with van der Waals surface area (Å²) in [6, 6.07) is 8.21. The summed E-state index contributed by atoms with van der Waals surface area (Å²) in [4.78, 5) is 19.3. The van der Waals surface area contributed by atoms with E-state index in [9.17, 15) is 4.79 Å². The van der Waals surface area contributed by atoms with Crippen LogP contribution in [0.4, 0.5) is 4.79 Å². The number of carbonyl (C=O) groups is 1. The van der Waals surface area contributed by atoms with Crippen molar-refractivity contribution >= 4 is 6.03 Å². The van der Waals surface area contributed by atoms with E-state index in [1.807, 2.05) is 19.2 Å². The zero-order valence-electron chi connectivity index (χ0n) is 12.4. The van der Waals surface area contributed by atoms with E-state index in [-0.39, 0.29) is 18.4 Å². The molecule has 0 radical (unpaired) electrons. The lowest BCUT2D eigenvalue weighted by Crippen LogP contribution is -2.41. The van der Waals surface area contributed by atoms with Gasteiger partial charge in [0.25, 0.3) is 0 Å². The second kappa shape index (κ2) is 6.45. The van der Waals surface area contributed by atoms with Crippen molar-refractivity contribution in [3.63, 3.8) is 0 Å². The molecule has 1 saturated heterocycles. The zero-order valence-corrected chi connectivity index (χ0v) is 12.4. The van der Waals surface area contributed by atoms with Gasteiger partial charge in [0.15, 0.2) is 6.29 Å². The number of carbonyl (C=O) groups excluding carboxylic acids is 1. The third kappa shape index (κ3) is 3.19. The molecule has 5 heteroatoms. The van der Waals surface area contributed by atoms with Crippen LogP contribution in [0.1, 0.15) is 42.9 Å². The molecule has 1 aromatic rings. The summed E-state index contributed by atoms with van der Waals surface area (Å²) in [5.41, 5.74) is 5.09. The van der Waals surface area contributed by atoms with Crippen LogP contribution in [0.2, 0.25) is 0 Å². The maximum absolute atomic E-state index is 12.2. The number of urea groups is 1. The number of fused-ring (bicyclic) bond motifs is 1. The van der Waals surface area contributed by atoms with Gasteiger partial charge < -0.3 is 9.64 Å². The first-order valence-corrected chi connectivity index (χ1v) is 7.63. The van der Waals surface area contributed by atoms with Crippen molar-refractivity contribution in [3.05, 3.63) is 35.4 Å². The zero-order chi connectivity index (χ0) is 14.7. The van der Waals surface area contributed by atoms with E-state index >= 15 is 0 Å². The lowest BCUT2D eigenvalue weighted by Gasteiger charge is -2.27. The molecule has 2 atom stereocenters. The molecule has 2 amide bonds. The van der Waals surface area contributed by atoms with Crippen molar-refractivity contribution in [3.8, 4) is 0 Å². The lowest BCUT2D eigenvalue weighted by molar-refractivity contribution is -0.187. The van der Waals surface area contributed by atoms with Gasteiger partial charge >= 0.3 is 6.03 Å². The van der Waals surface area contributed by atoms with Crippen LogP contribution in [-0.4, -0.2) is 30.9 Å². The van der Waals surface area contributed by atoms with Crippen LogP contribution in [-0.2, 0) is 16.0 Å². The van der Waals surface area contributed by atoms with Crippen molar-refractivity contribution in [2.24, 2.45) is 0 Å². The summed E-state index contributed by atoms with van der Waals surface area (Å²) in [5.74, 6) is 0. The number of nitrogens with one attached hydrogen (secondary N) is 1. The fourth-order valence-corrected chi connectivity index (χ4v) is 3.07. The highest BCUT2D eigenvalue weighted by atomic mass is 16.8. The van der Waals surface area contributed by atoms with Gasteiger partial charge in [0.1, 0.15) is 0 Å². The van der Waals surface area contributed by atoms with Crippen molar-refractivity contribution in [2.45, 2.75) is 44.4 Å². The molecule has 0 unspecified atom stereocenters. The number of hydrogen-bond donors (Lipinski definition) is 1. The molecule has 0 bridgehead atoms. The molecule has 1 N–H and O–H groups in total. The minimum Gasteiger partial charge on any atom is -0.350 e. The number of hydrogen-bond acceptors (Lipinski definition) is 3. The smallest absolute Gasteiger partial charge is 0.341 e. The quantitative estimate of drug-likeness (QED) is 0.871. The van der Waals surface area contributed by atoms with Gasteiger partial charge in [0.2, 0.25) is 0 Å². The fourth-order valence-electron chi connectivity index (χ4n) is 3.07. The largest absolute Gasteiger partial charge is 0.350 e. The van der Waals surface area contributed by atoms with Gasteiger partial charge in [-0.2, -0.15) is 0 Å². The second-order valence-corrected chi connectivity index (χ2v) is 5.69. The number of nitrogens with zero attached hydrogens (tertiary/aromatic N) is 1. The van der Waals surface area contributed by atoms with Crippen LogP contribution < -0.4 is 5.48 Å². The molecule has 0 aromatic heterocycles. The molecule has 1 aliphatic heterocycles. The fraction of sp³-hybridized carbons (Fsp3) is 0.562. The van der Waals surface area contributed by atoms with Gasteiger partial charge in [-0.3, -0.25) is 0 Å². The Morgan fingerprint density at radius 1 is 1.33 bits per heavy atom. The number of hydroxylamine groups is 1. The van der Waals surface area contributed by atoms with Crippen LogP contribution in [0, 0.1) is 0 Å². The highest BCUT2D eigenvalue weighted by Crippen LogP contribution is 2.34. The average molecular weight is 290 g/mol. The van der Waals surface area contributed by atoms with Crippen LogP contribution in [0.5, 0.6) is 0 Å². The normalized spacial score (nSPS) is 24.4. The monoisotopic (exact) mass is 290 g/mol. The van der Waals surface area contributed by atoms with E-state index in [2.05, 4.69) is 17.6 Å². The molecular weight excluding hydrogens is 268 g/mol. The Kier molecular flexibility index (Phi) is 4.41. The third-order valence-corrected chi connectivity index (χ3v) is 4.30. The Morgan fingerprint density at radius 2 is 2.19 bits per heavy atom. The molecule has 114 valence electrons. The maximum Gasteiger partial charge on any atom is 0.341 e. The molecule has 1 aliphatic carbocycles. The average Bonchev–Trinajstić information content (AvgIpc) is 2.97. The van der Waals surface area contributed by atoms with E-state index < -0.39 is 0 Å². The first-order valence-electron chi connectivity index (χ1n) is 7.63. The van der Waals surface area contributed by atoms with Crippen LogP contribution >= 0.6 is 0 Å². The predicted octanol–water partition coefficient (Wildman–Crippen LogP) is 2.77. The number of amides is 2. The summed E-state index contributed by atoms with van der Waals surface area (Å²) >= 11 is 0. The molecule has 21 heavy (non-hydrogen) atoms. The van der Waals surface area contributed by atoms with E-state index in [0.29, 0.717) is 6.61 Å². The molecule has 1 aromatic carbocycles. The summed E-state index contributed by atoms with van der Waals surface area (Å²) in [6.07, 6.45) is 4.63. The highest BCUT2D eigenvalue weighted by molar-refractivity contribution is 5.73. The first kappa shape index (κ1) is 14.4. The third-order valence-electron chi connectivity index (χ3n) is 4.30. The van der Waals surface area contributed by atoms with Gasteiger partial charge in [-0.05, 0) is 36.8 Å². The first-order chi connectivity index (χ1) is 10.3. The Morgan fingerprint density at radius 3 is 3.00 bits per heavy atom. The lowest BCUT2D eigenvalue weighted by atomic mass is 10.1. The Labute approximate surface area is 125 Å². The second-order valence-electron chi connectivity index (χ2n) is 5.69. The molecule has 5 nitrogen and oxygen atoms in total. The van der Waals surface area contributed by atoms with Crippen molar-refractivity contribution in [2.75, 3.05) is 13.7 Å². The van der Waals surface area contributed by atoms with Gasteiger partial charge in [0, 0.05) is 20.1 Å². The van der Waals surface area contributed by atoms with E-state index in [0.717, 1.165) is 32.1 Å². The number of benzene rings is 1. The van der Waals surface area contributed by atoms with Gasteiger partial charge in [-0.25, -0.2) is 15.1 Å². The van der Waals surface area contributed by atoms with Gasteiger partial charge in [-0.15, -0.1) is 0 Å². The van der Waals surface area contributed by atoms with Crippen molar-refractivity contribution < 1.29 is 14.4 Å². The summed E-state index contributed by atoms with van der Waals surface area (Å²) in [7, 11) is 1.81. The Balaban J connectivity index is 1.55. The standard InChI is InChI=1S/C16H22N2O3/c1-18(14-10-9-12-6-2-3-7-13(12)14)16(19)17-21-15-8-4-5-11-20-15/h2-3,6-7,14-15H,4-5,8-11H2,1H3,(H,17,19)/t14-,15-/m0/s1. The van der Waals surface area contributed by atoms with E-state index in [4.69, 9.17) is 9.57 Å². The molecule has 2 aliphatic rings. The topological polar surface area (TPSA) is 50.8 Å².